The lowest BCUT2D eigenvalue weighted by Crippen LogP contribution is -2.23. The third-order valence-corrected chi connectivity index (χ3v) is 3.52. The van der Waals surface area contributed by atoms with Gasteiger partial charge in [0.15, 0.2) is 0 Å². The molecule has 88 valence electrons. The van der Waals surface area contributed by atoms with Crippen LogP contribution in [0.3, 0.4) is 0 Å². The lowest BCUT2D eigenvalue weighted by Gasteiger charge is -2.30. The van der Waals surface area contributed by atoms with E-state index in [4.69, 9.17) is 0 Å². The van der Waals surface area contributed by atoms with Crippen LogP contribution < -0.4 is 5.32 Å². The molecule has 0 aliphatic rings. The zero-order chi connectivity index (χ0) is 12.2. The fourth-order valence-corrected chi connectivity index (χ4v) is 1.89. The molecule has 0 bridgehead atoms. The van der Waals surface area contributed by atoms with Crippen molar-refractivity contribution >= 4 is 5.69 Å². The van der Waals surface area contributed by atoms with Crippen LogP contribution in [0, 0.1) is 11.3 Å². The van der Waals surface area contributed by atoms with Gasteiger partial charge in [0.1, 0.15) is 0 Å². The molecule has 0 heterocycles. The predicted molar refractivity (Wildman–Crippen MR) is 72.8 cm³/mol. The van der Waals surface area contributed by atoms with Crippen molar-refractivity contribution < 1.29 is 0 Å². The number of hydrogen-bond donors (Lipinski definition) is 1. The number of benzene rings is 1. The molecule has 1 heteroatoms. The molecule has 1 atom stereocenters. The van der Waals surface area contributed by atoms with Crippen LogP contribution in [-0.2, 0) is 6.42 Å². The minimum atomic E-state index is 0.245. The van der Waals surface area contributed by atoms with Crippen LogP contribution in [-0.4, -0.2) is 7.05 Å². The number of para-hydroxylation sites is 1. The smallest absolute Gasteiger partial charge is 0.0370 e. The molecule has 16 heavy (non-hydrogen) atoms. The Morgan fingerprint density at radius 1 is 1.38 bits per heavy atom. The van der Waals surface area contributed by atoms with Gasteiger partial charge in [0.2, 0.25) is 0 Å². The Morgan fingerprint density at radius 3 is 2.56 bits per heavy atom. The first-order valence-electron chi connectivity index (χ1n) is 5.89. The van der Waals surface area contributed by atoms with Gasteiger partial charge in [-0.2, -0.15) is 0 Å². The van der Waals surface area contributed by atoms with Gasteiger partial charge in [-0.05, 0) is 29.4 Å². The number of hydrogen-bond acceptors (Lipinski definition) is 1. The summed E-state index contributed by atoms with van der Waals surface area (Å²) >= 11 is 0. The van der Waals surface area contributed by atoms with Crippen molar-refractivity contribution in [3.05, 3.63) is 42.5 Å². The fourth-order valence-electron chi connectivity index (χ4n) is 1.89. The highest BCUT2D eigenvalue weighted by Gasteiger charge is 2.24. The average Bonchev–Trinajstić information content (AvgIpc) is 2.28. The topological polar surface area (TPSA) is 12.0 Å². The molecular formula is C15H23N. The maximum absolute atomic E-state index is 3.90. The van der Waals surface area contributed by atoms with E-state index in [1.54, 1.807) is 0 Å². The van der Waals surface area contributed by atoms with Crippen LogP contribution in [0.5, 0.6) is 0 Å². The first-order chi connectivity index (χ1) is 7.51. The van der Waals surface area contributed by atoms with Gasteiger partial charge in [0.05, 0.1) is 0 Å². The van der Waals surface area contributed by atoms with E-state index in [2.05, 4.69) is 56.9 Å². The summed E-state index contributed by atoms with van der Waals surface area (Å²) in [6.07, 6.45) is 3.11. The first-order valence-corrected chi connectivity index (χ1v) is 5.89. The van der Waals surface area contributed by atoms with E-state index in [0.29, 0.717) is 5.92 Å². The molecule has 0 aliphatic heterocycles. The van der Waals surface area contributed by atoms with Crippen molar-refractivity contribution in [3.63, 3.8) is 0 Å². The number of anilines is 1. The van der Waals surface area contributed by atoms with Gasteiger partial charge < -0.3 is 5.32 Å². The summed E-state index contributed by atoms with van der Waals surface area (Å²) < 4.78 is 0. The highest BCUT2D eigenvalue weighted by Crippen LogP contribution is 2.33. The molecule has 0 saturated heterocycles. The largest absolute Gasteiger partial charge is 0.388 e. The highest BCUT2D eigenvalue weighted by molar-refractivity contribution is 5.50. The Hall–Kier alpha value is -1.24. The number of nitrogens with one attached hydrogen (secondary N) is 1. The van der Waals surface area contributed by atoms with E-state index in [9.17, 15) is 0 Å². The van der Waals surface area contributed by atoms with Crippen molar-refractivity contribution in [2.45, 2.75) is 27.2 Å². The summed E-state index contributed by atoms with van der Waals surface area (Å²) in [5, 5.41) is 3.25. The van der Waals surface area contributed by atoms with E-state index in [1.807, 2.05) is 13.1 Å². The third-order valence-electron chi connectivity index (χ3n) is 3.52. The second-order valence-corrected chi connectivity index (χ2v) is 5.10. The minimum Gasteiger partial charge on any atom is -0.388 e. The van der Waals surface area contributed by atoms with Gasteiger partial charge in [-0.15, -0.1) is 6.58 Å². The van der Waals surface area contributed by atoms with E-state index in [-0.39, 0.29) is 5.41 Å². The van der Waals surface area contributed by atoms with E-state index < -0.39 is 0 Å². The number of allylic oxidation sites excluding steroid dienone is 1. The lowest BCUT2D eigenvalue weighted by molar-refractivity contribution is 0.276. The second kappa shape index (κ2) is 5.20. The summed E-state index contributed by atoms with van der Waals surface area (Å²) in [4.78, 5) is 0. The van der Waals surface area contributed by atoms with Crippen molar-refractivity contribution in [1.82, 2.24) is 0 Å². The van der Waals surface area contributed by atoms with Crippen LogP contribution in [0.2, 0.25) is 0 Å². The standard InChI is InChI=1S/C15H23N/c1-6-12(2)15(3,4)11-13-9-7-8-10-14(13)16-5/h6-10,12,16H,1,11H2,2-5H3. The van der Waals surface area contributed by atoms with Gasteiger partial charge in [-0.25, -0.2) is 0 Å². The van der Waals surface area contributed by atoms with Gasteiger partial charge in [0, 0.05) is 12.7 Å². The minimum absolute atomic E-state index is 0.245. The molecular weight excluding hydrogens is 194 g/mol. The molecule has 0 aliphatic carbocycles. The van der Waals surface area contributed by atoms with Crippen molar-refractivity contribution in [2.75, 3.05) is 12.4 Å². The molecule has 0 spiro atoms. The molecule has 0 amide bonds. The molecule has 1 unspecified atom stereocenters. The maximum Gasteiger partial charge on any atom is 0.0370 e. The third kappa shape index (κ3) is 2.88. The van der Waals surface area contributed by atoms with E-state index in [1.165, 1.54) is 11.3 Å². The van der Waals surface area contributed by atoms with Crippen LogP contribution in [0.4, 0.5) is 5.69 Å². The van der Waals surface area contributed by atoms with Gasteiger partial charge in [-0.3, -0.25) is 0 Å². The number of rotatable bonds is 5. The second-order valence-electron chi connectivity index (χ2n) is 5.10. The Kier molecular flexibility index (Phi) is 4.17. The van der Waals surface area contributed by atoms with Gasteiger partial charge in [0.25, 0.3) is 0 Å². The summed E-state index contributed by atoms with van der Waals surface area (Å²) in [7, 11) is 1.97. The molecule has 0 saturated carbocycles. The quantitative estimate of drug-likeness (QED) is 0.732. The molecule has 0 radical (unpaired) electrons. The lowest BCUT2D eigenvalue weighted by atomic mass is 9.75. The summed E-state index contributed by atoms with van der Waals surface area (Å²) in [5.74, 6) is 0.511. The van der Waals surface area contributed by atoms with Crippen LogP contribution >= 0.6 is 0 Å². The van der Waals surface area contributed by atoms with Crippen molar-refractivity contribution in [2.24, 2.45) is 11.3 Å². The fraction of sp³-hybridized carbons (Fsp3) is 0.467. The zero-order valence-electron chi connectivity index (χ0n) is 10.9. The monoisotopic (exact) mass is 217 g/mol. The maximum atomic E-state index is 3.90. The summed E-state index contributed by atoms with van der Waals surface area (Å²) in [6.45, 7) is 10.7. The van der Waals surface area contributed by atoms with Crippen LogP contribution in [0.15, 0.2) is 36.9 Å². The first kappa shape index (κ1) is 12.8. The molecule has 1 aromatic rings. The molecule has 1 rings (SSSR count). The molecule has 0 aromatic heterocycles. The predicted octanol–water partition coefficient (Wildman–Crippen LogP) is 4.12. The van der Waals surface area contributed by atoms with Crippen molar-refractivity contribution in [1.29, 1.82) is 0 Å². The van der Waals surface area contributed by atoms with Gasteiger partial charge in [-0.1, -0.05) is 45.0 Å². The van der Waals surface area contributed by atoms with Crippen LogP contribution in [0.25, 0.3) is 0 Å². The molecule has 1 N–H and O–H groups in total. The summed E-state index contributed by atoms with van der Waals surface area (Å²) in [6, 6.07) is 8.50. The summed E-state index contributed by atoms with van der Waals surface area (Å²) in [5.41, 5.74) is 2.85. The Bertz CT molecular complexity index is 352. The zero-order valence-corrected chi connectivity index (χ0v) is 10.9. The average molecular weight is 217 g/mol. The SMILES string of the molecule is C=CC(C)C(C)(C)Cc1ccccc1NC. The van der Waals surface area contributed by atoms with E-state index in [0.717, 1.165) is 6.42 Å². The van der Waals surface area contributed by atoms with Crippen molar-refractivity contribution in [3.8, 4) is 0 Å². The molecule has 1 aromatic carbocycles. The molecule has 0 fully saturated rings. The molecule has 1 nitrogen and oxygen atoms in total. The normalized spacial score (nSPS) is 13.2. The van der Waals surface area contributed by atoms with Crippen LogP contribution in [0.1, 0.15) is 26.3 Å². The Labute approximate surface area is 99.6 Å². The van der Waals surface area contributed by atoms with Gasteiger partial charge >= 0.3 is 0 Å². The van der Waals surface area contributed by atoms with E-state index >= 15 is 0 Å². The Morgan fingerprint density at radius 2 is 2.00 bits per heavy atom. The Balaban J connectivity index is 2.91. The highest BCUT2D eigenvalue weighted by atomic mass is 14.8.